The van der Waals surface area contributed by atoms with E-state index >= 15 is 0 Å². The van der Waals surface area contributed by atoms with Crippen LogP contribution in [-0.4, -0.2) is 29.0 Å². The van der Waals surface area contributed by atoms with Crippen molar-refractivity contribution < 1.29 is 14.9 Å². The highest BCUT2D eigenvalue weighted by Gasteiger charge is 2.29. The van der Waals surface area contributed by atoms with Crippen LogP contribution < -0.4 is 0 Å². The molecule has 3 atom stereocenters. The van der Waals surface area contributed by atoms with Crippen molar-refractivity contribution in [3.05, 3.63) is 34.9 Å². The average molecular weight is 250 g/mol. The van der Waals surface area contributed by atoms with E-state index in [2.05, 4.69) is 32.0 Å². The summed E-state index contributed by atoms with van der Waals surface area (Å²) in [5, 5.41) is 19.0. The Balaban J connectivity index is 2.17. The largest absolute Gasteiger partial charge is 0.394 e. The number of aliphatic hydroxyl groups excluding tert-OH is 2. The molecule has 0 radical (unpaired) electrons. The SMILES string of the molecule is CCc1ccc(C2CC(O)CC(CO)O2)cc1C. The standard InChI is InChI=1S/C15H22O3/c1-3-11-4-5-12(6-10(11)2)15-8-13(17)7-14(9-16)18-15/h4-6,13-17H,3,7-9H2,1-2H3. The molecular formula is C15H22O3. The van der Waals surface area contributed by atoms with Crippen molar-refractivity contribution >= 4 is 0 Å². The molecule has 3 nitrogen and oxygen atoms in total. The Labute approximate surface area is 108 Å². The Kier molecular flexibility index (Phi) is 4.38. The highest BCUT2D eigenvalue weighted by Crippen LogP contribution is 2.32. The van der Waals surface area contributed by atoms with E-state index in [1.165, 1.54) is 11.1 Å². The topological polar surface area (TPSA) is 49.7 Å². The lowest BCUT2D eigenvalue weighted by atomic mass is 9.93. The van der Waals surface area contributed by atoms with Gasteiger partial charge in [0.25, 0.3) is 0 Å². The first-order valence-corrected chi connectivity index (χ1v) is 6.67. The van der Waals surface area contributed by atoms with E-state index < -0.39 is 0 Å². The number of hydrogen-bond acceptors (Lipinski definition) is 3. The van der Waals surface area contributed by atoms with Crippen molar-refractivity contribution in [1.29, 1.82) is 0 Å². The molecule has 1 saturated heterocycles. The number of aliphatic hydroxyl groups is 2. The first kappa shape index (κ1) is 13.5. The fraction of sp³-hybridized carbons (Fsp3) is 0.600. The summed E-state index contributed by atoms with van der Waals surface area (Å²) >= 11 is 0. The van der Waals surface area contributed by atoms with Crippen molar-refractivity contribution in [2.75, 3.05) is 6.61 Å². The lowest BCUT2D eigenvalue weighted by molar-refractivity contribution is -0.113. The van der Waals surface area contributed by atoms with Gasteiger partial charge in [-0.1, -0.05) is 25.1 Å². The Morgan fingerprint density at radius 3 is 2.72 bits per heavy atom. The summed E-state index contributed by atoms with van der Waals surface area (Å²) in [5.74, 6) is 0. The fourth-order valence-electron chi connectivity index (χ4n) is 2.64. The predicted molar refractivity (Wildman–Crippen MR) is 70.5 cm³/mol. The molecule has 0 saturated carbocycles. The highest BCUT2D eigenvalue weighted by atomic mass is 16.5. The predicted octanol–water partition coefficient (Wildman–Crippen LogP) is 2.13. The van der Waals surface area contributed by atoms with E-state index in [0.29, 0.717) is 12.8 Å². The van der Waals surface area contributed by atoms with Gasteiger partial charge in [-0.15, -0.1) is 0 Å². The molecule has 0 amide bonds. The number of hydrogen-bond donors (Lipinski definition) is 2. The van der Waals surface area contributed by atoms with Crippen LogP contribution in [0.5, 0.6) is 0 Å². The van der Waals surface area contributed by atoms with Crippen molar-refractivity contribution in [2.24, 2.45) is 0 Å². The van der Waals surface area contributed by atoms with Crippen LogP contribution in [0.25, 0.3) is 0 Å². The molecule has 1 aliphatic rings. The smallest absolute Gasteiger partial charge is 0.0854 e. The summed E-state index contributed by atoms with van der Waals surface area (Å²) in [5.41, 5.74) is 3.70. The lowest BCUT2D eigenvalue weighted by Gasteiger charge is -2.32. The Hall–Kier alpha value is -0.900. The van der Waals surface area contributed by atoms with E-state index in [9.17, 15) is 10.2 Å². The third kappa shape index (κ3) is 2.91. The van der Waals surface area contributed by atoms with Crippen LogP contribution in [0.1, 0.15) is 42.6 Å². The molecule has 1 fully saturated rings. The second kappa shape index (κ2) is 5.83. The van der Waals surface area contributed by atoms with E-state index in [0.717, 1.165) is 12.0 Å². The quantitative estimate of drug-likeness (QED) is 0.864. The summed E-state index contributed by atoms with van der Waals surface area (Å²) in [6.45, 7) is 4.22. The molecule has 100 valence electrons. The number of benzene rings is 1. The first-order valence-electron chi connectivity index (χ1n) is 6.67. The van der Waals surface area contributed by atoms with Crippen LogP contribution in [0.4, 0.5) is 0 Å². The number of aryl methyl sites for hydroxylation is 2. The zero-order chi connectivity index (χ0) is 13.1. The maximum Gasteiger partial charge on any atom is 0.0854 e. The van der Waals surface area contributed by atoms with Crippen molar-refractivity contribution in [2.45, 2.75) is 51.4 Å². The zero-order valence-electron chi connectivity index (χ0n) is 11.1. The molecule has 18 heavy (non-hydrogen) atoms. The molecular weight excluding hydrogens is 228 g/mol. The second-order valence-electron chi connectivity index (χ2n) is 5.09. The minimum absolute atomic E-state index is 0.0282. The van der Waals surface area contributed by atoms with Crippen molar-refractivity contribution in [3.8, 4) is 0 Å². The van der Waals surface area contributed by atoms with Crippen LogP contribution in [0.3, 0.4) is 0 Å². The minimum Gasteiger partial charge on any atom is -0.394 e. The molecule has 1 heterocycles. The van der Waals surface area contributed by atoms with Crippen LogP contribution in [0.15, 0.2) is 18.2 Å². The number of rotatable bonds is 3. The molecule has 0 bridgehead atoms. The molecule has 3 unspecified atom stereocenters. The Bertz CT molecular complexity index is 403. The summed E-state index contributed by atoms with van der Waals surface area (Å²) in [4.78, 5) is 0. The molecule has 3 heteroatoms. The van der Waals surface area contributed by atoms with Crippen LogP contribution in [0, 0.1) is 6.92 Å². The van der Waals surface area contributed by atoms with Crippen LogP contribution in [0.2, 0.25) is 0 Å². The summed E-state index contributed by atoms with van der Waals surface area (Å²) in [6, 6.07) is 6.34. The molecule has 0 spiro atoms. The van der Waals surface area contributed by atoms with Gasteiger partial charge in [-0.25, -0.2) is 0 Å². The third-order valence-electron chi connectivity index (χ3n) is 3.70. The zero-order valence-corrected chi connectivity index (χ0v) is 11.1. The molecule has 0 aliphatic carbocycles. The molecule has 2 rings (SSSR count). The molecule has 2 N–H and O–H groups in total. The van der Waals surface area contributed by atoms with Gasteiger partial charge in [0.15, 0.2) is 0 Å². The van der Waals surface area contributed by atoms with Gasteiger partial charge >= 0.3 is 0 Å². The van der Waals surface area contributed by atoms with Gasteiger partial charge in [-0.2, -0.15) is 0 Å². The van der Waals surface area contributed by atoms with Gasteiger partial charge in [0.2, 0.25) is 0 Å². The summed E-state index contributed by atoms with van der Waals surface area (Å²) in [7, 11) is 0. The van der Waals surface area contributed by atoms with Crippen molar-refractivity contribution in [1.82, 2.24) is 0 Å². The van der Waals surface area contributed by atoms with E-state index in [1.54, 1.807) is 0 Å². The monoisotopic (exact) mass is 250 g/mol. The fourth-order valence-corrected chi connectivity index (χ4v) is 2.64. The van der Waals surface area contributed by atoms with Gasteiger partial charge in [0, 0.05) is 12.8 Å². The maximum absolute atomic E-state index is 9.82. The highest BCUT2D eigenvalue weighted by molar-refractivity contribution is 5.32. The van der Waals surface area contributed by atoms with E-state index in [1.807, 2.05) is 0 Å². The van der Waals surface area contributed by atoms with E-state index in [-0.39, 0.29) is 24.9 Å². The van der Waals surface area contributed by atoms with Gasteiger partial charge in [0.05, 0.1) is 24.9 Å². The molecule has 1 aliphatic heterocycles. The first-order chi connectivity index (χ1) is 8.63. The maximum atomic E-state index is 9.82. The average Bonchev–Trinajstić information content (AvgIpc) is 2.37. The molecule has 0 aromatic heterocycles. The number of ether oxygens (including phenoxy) is 1. The van der Waals surface area contributed by atoms with E-state index in [4.69, 9.17) is 4.74 Å². The summed E-state index contributed by atoms with van der Waals surface area (Å²) in [6.07, 6.45) is 1.44. The third-order valence-corrected chi connectivity index (χ3v) is 3.70. The second-order valence-corrected chi connectivity index (χ2v) is 5.09. The van der Waals surface area contributed by atoms with Gasteiger partial charge in [0.1, 0.15) is 0 Å². The normalized spacial score (nSPS) is 28.3. The minimum atomic E-state index is -0.382. The van der Waals surface area contributed by atoms with Crippen LogP contribution in [-0.2, 0) is 11.2 Å². The Morgan fingerprint density at radius 1 is 1.33 bits per heavy atom. The lowest BCUT2D eigenvalue weighted by Crippen LogP contribution is -2.33. The molecule has 1 aromatic rings. The Morgan fingerprint density at radius 2 is 2.11 bits per heavy atom. The van der Waals surface area contributed by atoms with Crippen molar-refractivity contribution in [3.63, 3.8) is 0 Å². The van der Waals surface area contributed by atoms with Crippen LogP contribution >= 0.6 is 0 Å². The molecule has 1 aromatic carbocycles. The van der Waals surface area contributed by atoms with Gasteiger partial charge in [-0.3, -0.25) is 0 Å². The van der Waals surface area contributed by atoms with Gasteiger partial charge < -0.3 is 14.9 Å². The van der Waals surface area contributed by atoms with Gasteiger partial charge in [-0.05, 0) is 30.0 Å². The summed E-state index contributed by atoms with van der Waals surface area (Å²) < 4.78 is 5.81.